The lowest BCUT2D eigenvalue weighted by Crippen LogP contribution is -2.10. The Balaban J connectivity index is 4.08. The van der Waals surface area contributed by atoms with Crippen LogP contribution in [0.15, 0.2) is 0 Å². The highest BCUT2D eigenvalue weighted by atomic mass is 32.5. The van der Waals surface area contributed by atoms with Crippen molar-refractivity contribution in [3.8, 4) is 6.07 Å². The van der Waals surface area contributed by atoms with Gasteiger partial charge >= 0.3 is 0 Å². The molecule has 0 heterocycles. The largest absolute Gasteiger partial charge is 0.285 e. The fourth-order valence-electron chi connectivity index (χ4n) is 0.424. The zero-order valence-corrected chi connectivity index (χ0v) is 6.18. The molecule has 1 nitrogen and oxygen atoms in total. The second kappa shape index (κ2) is 2.00. The van der Waals surface area contributed by atoms with Crippen molar-refractivity contribution in [2.45, 2.75) is 12.8 Å². The van der Waals surface area contributed by atoms with Crippen LogP contribution in [0.25, 0.3) is 0 Å². The topological polar surface area (TPSA) is 23.8 Å². The van der Waals surface area contributed by atoms with Gasteiger partial charge in [-0.15, -0.1) is 0 Å². The molecule has 0 saturated carbocycles. The van der Waals surface area contributed by atoms with E-state index >= 15 is 0 Å². The third-order valence-corrected chi connectivity index (χ3v) is 1.88. The van der Waals surface area contributed by atoms with E-state index in [1.807, 2.05) is 0 Å². The molecule has 0 aromatic heterocycles. The van der Waals surface area contributed by atoms with Gasteiger partial charge in [0, 0.05) is 6.42 Å². The maximum Gasteiger partial charge on any atom is 0.285 e. The first-order chi connectivity index (χ1) is 4.54. The number of unbranched alkanes of at least 4 members (excludes halogenated alkanes) is 1. The minimum absolute atomic E-state index is 0.494. The van der Waals surface area contributed by atoms with Crippen LogP contribution >= 0.6 is 10.2 Å². The van der Waals surface area contributed by atoms with Gasteiger partial charge < -0.3 is 0 Å². The summed E-state index contributed by atoms with van der Waals surface area (Å²) in [5.41, 5.74) is 0. The minimum Gasteiger partial charge on any atom is -0.198 e. The Kier molecular flexibility index (Phi) is 1.91. The van der Waals surface area contributed by atoms with E-state index in [1.54, 1.807) is 0 Å². The molecule has 0 aliphatic heterocycles. The van der Waals surface area contributed by atoms with Gasteiger partial charge in [-0.2, -0.15) is 5.26 Å². The van der Waals surface area contributed by atoms with E-state index in [9.17, 15) is 19.4 Å². The Hall–Kier alpha value is -0.510. The third kappa shape index (κ3) is 9.49. The molecule has 0 rings (SSSR count). The van der Waals surface area contributed by atoms with Crippen molar-refractivity contribution < 1.29 is 19.4 Å². The Labute approximate surface area is 60.5 Å². The van der Waals surface area contributed by atoms with Gasteiger partial charge in [0.2, 0.25) is 0 Å². The van der Waals surface area contributed by atoms with Crippen LogP contribution in [0.3, 0.4) is 0 Å². The van der Waals surface area contributed by atoms with Crippen LogP contribution in [-0.2, 0) is 0 Å². The van der Waals surface area contributed by atoms with Gasteiger partial charge in [-0.05, 0) is 6.42 Å². The van der Waals surface area contributed by atoms with Gasteiger partial charge in [0.15, 0.2) is 0 Å². The molecule has 0 fully saturated rings. The summed E-state index contributed by atoms with van der Waals surface area (Å²) in [5.74, 6) is -2.13. The smallest absolute Gasteiger partial charge is 0.198 e. The summed E-state index contributed by atoms with van der Waals surface area (Å²) in [6, 6.07) is 1.36. The van der Waals surface area contributed by atoms with Crippen LogP contribution in [0, 0.1) is 11.3 Å². The molecule has 0 unspecified atom stereocenters. The number of rotatable bonds is 3. The van der Waals surface area contributed by atoms with Crippen LogP contribution in [0.4, 0.5) is 19.4 Å². The molecule has 11 heavy (non-hydrogen) atoms. The van der Waals surface area contributed by atoms with Crippen LogP contribution in [0.1, 0.15) is 12.8 Å². The maximum atomic E-state index is 11.4. The molecular weight excluding hydrogens is 189 g/mol. The molecule has 0 radical (unpaired) electrons. The van der Waals surface area contributed by atoms with Crippen LogP contribution < -0.4 is 0 Å². The predicted octanol–water partition coefficient (Wildman–Crippen LogP) is 3.59. The van der Waals surface area contributed by atoms with Gasteiger partial charge in [0.05, 0.1) is 11.8 Å². The quantitative estimate of drug-likeness (QED) is 0.498. The summed E-state index contributed by atoms with van der Waals surface area (Å²) in [7, 11) is -9.23. The third-order valence-electron chi connectivity index (χ3n) is 0.819. The molecule has 0 atom stereocenters. The summed E-state index contributed by atoms with van der Waals surface area (Å²) in [4.78, 5) is 0. The molecule has 0 aliphatic carbocycles. The van der Waals surface area contributed by atoms with Gasteiger partial charge in [0.1, 0.15) is 0 Å². The summed E-state index contributed by atoms with van der Waals surface area (Å²) in [5, 5.41) is 7.78. The SMILES string of the molecule is N#CCCCS(F)(F)(F)(F)F. The lowest BCUT2D eigenvalue weighted by Gasteiger charge is -2.40. The van der Waals surface area contributed by atoms with Crippen LogP contribution in [-0.4, -0.2) is 5.75 Å². The predicted molar refractivity (Wildman–Crippen MR) is 32.8 cm³/mol. The van der Waals surface area contributed by atoms with E-state index < -0.39 is 28.8 Å². The lowest BCUT2D eigenvalue weighted by molar-refractivity contribution is 0.362. The van der Waals surface area contributed by atoms with Crippen molar-refractivity contribution in [1.29, 1.82) is 5.26 Å². The van der Waals surface area contributed by atoms with Crippen molar-refractivity contribution in [3.63, 3.8) is 0 Å². The van der Waals surface area contributed by atoms with E-state index in [0.717, 1.165) is 0 Å². The van der Waals surface area contributed by atoms with E-state index in [2.05, 4.69) is 0 Å². The van der Waals surface area contributed by atoms with E-state index in [0.29, 0.717) is 0 Å². The van der Waals surface area contributed by atoms with Crippen molar-refractivity contribution in [2.24, 2.45) is 0 Å². The van der Waals surface area contributed by atoms with E-state index in [-0.39, 0.29) is 0 Å². The Bertz CT molecular complexity index is 184. The normalized spacial score (nSPS) is 18.2. The monoisotopic (exact) mass is 195 g/mol. The molecule has 0 spiro atoms. The highest BCUT2D eigenvalue weighted by Gasteiger charge is 2.62. The molecule has 0 saturated heterocycles. The number of nitrogens with zero attached hydrogens (tertiary/aromatic N) is 1. The molecule has 0 amide bonds. The fraction of sp³-hybridized carbons (Fsp3) is 0.750. The molecule has 7 heteroatoms. The summed E-state index contributed by atoms with van der Waals surface area (Å²) < 4.78 is 57.1. The zero-order chi connectivity index (χ0) is 9.24. The van der Waals surface area contributed by atoms with E-state index in [4.69, 9.17) is 5.26 Å². The number of halogens is 5. The molecule has 0 N–H and O–H groups in total. The standard InChI is InChI=1S/C4H6F5NS/c5-11(6,7,8,9)4-2-1-3-10/h1-2,4H2. The van der Waals surface area contributed by atoms with Crippen LogP contribution in [0.5, 0.6) is 0 Å². The minimum atomic E-state index is -9.23. The van der Waals surface area contributed by atoms with Crippen molar-refractivity contribution in [2.75, 3.05) is 5.75 Å². The second-order valence-electron chi connectivity index (χ2n) is 2.09. The molecule has 0 aliphatic rings. The highest BCUT2D eigenvalue weighted by molar-refractivity contribution is 8.45. The Morgan fingerprint density at radius 2 is 1.55 bits per heavy atom. The lowest BCUT2D eigenvalue weighted by atomic mass is 10.4. The Morgan fingerprint density at radius 3 is 1.82 bits per heavy atom. The van der Waals surface area contributed by atoms with Gasteiger partial charge in [-0.1, -0.05) is 19.4 Å². The first-order valence-electron chi connectivity index (χ1n) is 2.64. The molecule has 0 bridgehead atoms. The van der Waals surface area contributed by atoms with Gasteiger partial charge in [-0.3, -0.25) is 0 Å². The van der Waals surface area contributed by atoms with Crippen molar-refractivity contribution in [1.82, 2.24) is 0 Å². The van der Waals surface area contributed by atoms with E-state index in [1.165, 1.54) is 6.07 Å². The summed E-state index contributed by atoms with van der Waals surface area (Å²) >= 11 is 0. The highest BCUT2D eigenvalue weighted by Crippen LogP contribution is 2.97. The number of hydrogen-bond acceptors (Lipinski definition) is 1. The first kappa shape index (κ1) is 10.5. The second-order valence-corrected chi connectivity index (χ2v) is 4.76. The molecule has 0 aromatic carbocycles. The van der Waals surface area contributed by atoms with Crippen LogP contribution in [0.2, 0.25) is 0 Å². The average Bonchev–Trinajstić information content (AvgIpc) is 1.59. The molecular formula is C4H6F5NS. The molecule has 0 aromatic rings. The maximum absolute atomic E-state index is 11.4. The first-order valence-corrected chi connectivity index (χ1v) is 4.76. The molecule has 68 valence electrons. The Morgan fingerprint density at radius 1 is 1.09 bits per heavy atom. The summed E-state index contributed by atoms with van der Waals surface area (Å²) in [6.07, 6.45) is -1.32. The summed E-state index contributed by atoms with van der Waals surface area (Å²) in [6.45, 7) is 0. The number of hydrogen-bond donors (Lipinski definition) is 0. The van der Waals surface area contributed by atoms with Gasteiger partial charge in [-0.25, -0.2) is 0 Å². The van der Waals surface area contributed by atoms with Crippen molar-refractivity contribution in [3.05, 3.63) is 0 Å². The average molecular weight is 195 g/mol. The zero-order valence-electron chi connectivity index (χ0n) is 5.37. The van der Waals surface area contributed by atoms with Gasteiger partial charge in [0.25, 0.3) is 10.2 Å². The van der Waals surface area contributed by atoms with Crippen molar-refractivity contribution >= 4 is 10.2 Å². The fourth-order valence-corrected chi connectivity index (χ4v) is 1.11. The number of nitriles is 1.